The van der Waals surface area contributed by atoms with E-state index in [1.165, 1.54) is 0 Å². The van der Waals surface area contributed by atoms with Crippen molar-refractivity contribution in [2.24, 2.45) is 5.92 Å². The van der Waals surface area contributed by atoms with E-state index in [4.69, 9.17) is 0 Å². The molecule has 1 amide bonds. The van der Waals surface area contributed by atoms with Gasteiger partial charge in [-0.25, -0.2) is 8.42 Å². The lowest BCUT2D eigenvalue weighted by atomic mass is 10.0. The molecular formula is C17H22N4O3S. The molecule has 3 rings (SSSR count). The third kappa shape index (κ3) is 4.66. The molecule has 1 aliphatic heterocycles. The molecule has 2 aromatic rings. The topological polar surface area (TPSA) is 96.0 Å². The molecule has 134 valence electrons. The minimum Gasteiger partial charge on any atom is -0.331 e. The van der Waals surface area contributed by atoms with Gasteiger partial charge in [-0.2, -0.15) is 5.10 Å². The van der Waals surface area contributed by atoms with E-state index in [1.807, 2.05) is 25.1 Å². The second-order valence-electron chi connectivity index (χ2n) is 6.54. The molecule has 0 spiro atoms. The van der Waals surface area contributed by atoms with Crippen molar-refractivity contribution in [3.05, 3.63) is 47.5 Å². The summed E-state index contributed by atoms with van der Waals surface area (Å²) in [6.07, 6.45) is 3.04. The molecule has 1 unspecified atom stereocenters. The summed E-state index contributed by atoms with van der Waals surface area (Å²) in [5.74, 6) is 0.422. The SMILES string of the molecule is Cc1cc(C(=O)N(CCC2CCS(=O)(=O)C2)Cc2ccccn2)n[nH]1. The van der Waals surface area contributed by atoms with Crippen LogP contribution in [-0.2, 0) is 16.4 Å². The van der Waals surface area contributed by atoms with Gasteiger partial charge < -0.3 is 4.90 Å². The first-order chi connectivity index (χ1) is 11.9. The average molecular weight is 362 g/mol. The van der Waals surface area contributed by atoms with Crippen LogP contribution in [0.15, 0.2) is 30.5 Å². The van der Waals surface area contributed by atoms with E-state index >= 15 is 0 Å². The highest BCUT2D eigenvalue weighted by atomic mass is 32.2. The summed E-state index contributed by atoms with van der Waals surface area (Å²) in [5, 5.41) is 6.83. The molecule has 1 fully saturated rings. The maximum Gasteiger partial charge on any atom is 0.274 e. The zero-order chi connectivity index (χ0) is 17.9. The first-order valence-corrected chi connectivity index (χ1v) is 10.2. The fourth-order valence-corrected chi connectivity index (χ4v) is 4.98. The number of amides is 1. The summed E-state index contributed by atoms with van der Waals surface area (Å²) in [6, 6.07) is 7.30. The van der Waals surface area contributed by atoms with Gasteiger partial charge in [0.2, 0.25) is 0 Å². The Morgan fingerprint density at radius 1 is 1.40 bits per heavy atom. The van der Waals surface area contributed by atoms with Gasteiger partial charge in [0.15, 0.2) is 9.84 Å². The van der Waals surface area contributed by atoms with Crippen molar-refractivity contribution < 1.29 is 13.2 Å². The molecule has 2 aromatic heterocycles. The Labute approximate surface area is 147 Å². The van der Waals surface area contributed by atoms with Gasteiger partial charge in [-0.05, 0) is 43.9 Å². The number of H-pyrrole nitrogens is 1. The van der Waals surface area contributed by atoms with Crippen molar-refractivity contribution in [3.8, 4) is 0 Å². The molecule has 8 heteroatoms. The number of carbonyl (C=O) groups excluding carboxylic acids is 1. The summed E-state index contributed by atoms with van der Waals surface area (Å²) in [7, 11) is -2.90. The molecule has 7 nitrogen and oxygen atoms in total. The Hall–Kier alpha value is -2.22. The van der Waals surface area contributed by atoms with Gasteiger partial charge in [-0.1, -0.05) is 6.07 Å². The van der Waals surface area contributed by atoms with E-state index in [9.17, 15) is 13.2 Å². The number of aromatic nitrogens is 3. The number of carbonyl (C=O) groups is 1. The highest BCUT2D eigenvalue weighted by molar-refractivity contribution is 7.91. The number of rotatable bonds is 6. The van der Waals surface area contributed by atoms with Crippen LogP contribution >= 0.6 is 0 Å². The van der Waals surface area contributed by atoms with E-state index in [-0.39, 0.29) is 23.3 Å². The molecule has 1 atom stereocenters. The van der Waals surface area contributed by atoms with Crippen LogP contribution < -0.4 is 0 Å². The fourth-order valence-electron chi connectivity index (χ4n) is 3.07. The predicted octanol–water partition coefficient (Wildman–Crippen LogP) is 1.58. The number of aryl methyl sites for hydroxylation is 1. The van der Waals surface area contributed by atoms with Crippen molar-refractivity contribution >= 4 is 15.7 Å². The van der Waals surface area contributed by atoms with Crippen LogP contribution in [0, 0.1) is 12.8 Å². The molecule has 0 aromatic carbocycles. The van der Waals surface area contributed by atoms with Gasteiger partial charge in [-0.3, -0.25) is 14.9 Å². The first kappa shape index (κ1) is 17.6. The Balaban J connectivity index is 1.71. The number of aromatic amines is 1. The van der Waals surface area contributed by atoms with E-state index in [0.717, 1.165) is 11.4 Å². The van der Waals surface area contributed by atoms with Crippen molar-refractivity contribution in [2.75, 3.05) is 18.1 Å². The molecule has 0 bridgehead atoms. The second-order valence-corrected chi connectivity index (χ2v) is 8.77. The number of hydrogen-bond donors (Lipinski definition) is 1. The van der Waals surface area contributed by atoms with Crippen LogP contribution in [0.1, 0.15) is 34.7 Å². The van der Waals surface area contributed by atoms with Crippen molar-refractivity contribution in [3.63, 3.8) is 0 Å². The molecule has 0 radical (unpaired) electrons. The van der Waals surface area contributed by atoms with Crippen LogP contribution in [0.25, 0.3) is 0 Å². The Morgan fingerprint density at radius 3 is 2.84 bits per heavy atom. The average Bonchev–Trinajstić information content (AvgIpc) is 3.17. The van der Waals surface area contributed by atoms with Gasteiger partial charge in [0.25, 0.3) is 5.91 Å². The van der Waals surface area contributed by atoms with E-state index in [2.05, 4.69) is 15.2 Å². The zero-order valence-corrected chi connectivity index (χ0v) is 15.0. The van der Waals surface area contributed by atoms with Crippen LogP contribution in [0.4, 0.5) is 0 Å². The summed E-state index contributed by atoms with van der Waals surface area (Å²) in [6.45, 7) is 2.71. The summed E-state index contributed by atoms with van der Waals surface area (Å²) in [5.41, 5.74) is 1.98. The van der Waals surface area contributed by atoms with Crippen molar-refractivity contribution in [1.82, 2.24) is 20.1 Å². The highest BCUT2D eigenvalue weighted by Gasteiger charge is 2.29. The first-order valence-electron chi connectivity index (χ1n) is 8.34. The minimum atomic E-state index is -2.90. The molecule has 1 N–H and O–H groups in total. The second kappa shape index (κ2) is 7.35. The quantitative estimate of drug-likeness (QED) is 0.842. The van der Waals surface area contributed by atoms with Gasteiger partial charge in [0.1, 0.15) is 5.69 Å². The fraction of sp³-hybridized carbons (Fsp3) is 0.471. The van der Waals surface area contributed by atoms with E-state index in [0.29, 0.717) is 31.6 Å². The maximum absolute atomic E-state index is 12.8. The summed E-state index contributed by atoms with van der Waals surface area (Å²) >= 11 is 0. The van der Waals surface area contributed by atoms with Crippen LogP contribution in [0.5, 0.6) is 0 Å². The number of hydrogen-bond acceptors (Lipinski definition) is 5. The number of nitrogens with zero attached hydrogens (tertiary/aromatic N) is 3. The van der Waals surface area contributed by atoms with Crippen molar-refractivity contribution in [1.29, 1.82) is 0 Å². The molecule has 0 saturated carbocycles. The molecular weight excluding hydrogens is 340 g/mol. The monoisotopic (exact) mass is 362 g/mol. The molecule has 0 aliphatic carbocycles. The zero-order valence-electron chi connectivity index (χ0n) is 14.2. The Kier molecular flexibility index (Phi) is 5.17. The molecule has 3 heterocycles. The van der Waals surface area contributed by atoms with Crippen LogP contribution in [0.2, 0.25) is 0 Å². The molecule has 25 heavy (non-hydrogen) atoms. The van der Waals surface area contributed by atoms with E-state index < -0.39 is 9.84 Å². The van der Waals surface area contributed by atoms with Gasteiger partial charge in [0.05, 0.1) is 23.7 Å². The summed E-state index contributed by atoms with van der Waals surface area (Å²) < 4.78 is 23.3. The summed E-state index contributed by atoms with van der Waals surface area (Å²) in [4.78, 5) is 18.8. The third-order valence-electron chi connectivity index (χ3n) is 4.43. The maximum atomic E-state index is 12.8. The minimum absolute atomic E-state index is 0.116. The van der Waals surface area contributed by atoms with Crippen molar-refractivity contribution in [2.45, 2.75) is 26.3 Å². The lowest BCUT2D eigenvalue weighted by Crippen LogP contribution is -2.33. The number of pyridine rings is 1. The third-order valence-corrected chi connectivity index (χ3v) is 6.26. The van der Waals surface area contributed by atoms with Crippen LogP contribution in [0.3, 0.4) is 0 Å². The van der Waals surface area contributed by atoms with E-state index in [1.54, 1.807) is 17.2 Å². The smallest absolute Gasteiger partial charge is 0.274 e. The van der Waals surface area contributed by atoms with Gasteiger partial charge >= 0.3 is 0 Å². The standard InChI is InChI=1S/C17H22N4O3S/c1-13-10-16(20-19-13)17(22)21(11-15-4-2-3-7-18-15)8-5-14-6-9-25(23,24)12-14/h2-4,7,10,14H,5-6,8-9,11-12H2,1H3,(H,19,20). The molecule has 1 saturated heterocycles. The van der Waals surface area contributed by atoms with Gasteiger partial charge in [0, 0.05) is 18.4 Å². The Morgan fingerprint density at radius 2 is 2.24 bits per heavy atom. The number of sulfone groups is 1. The predicted molar refractivity (Wildman–Crippen MR) is 93.7 cm³/mol. The highest BCUT2D eigenvalue weighted by Crippen LogP contribution is 2.22. The van der Waals surface area contributed by atoms with Crippen LogP contribution in [-0.4, -0.2) is 52.5 Å². The normalized spacial score (nSPS) is 19.0. The lowest BCUT2D eigenvalue weighted by molar-refractivity contribution is 0.0726. The Bertz CT molecular complexity index is 833. The molecule has 1 aliphatic rings. The number of nitrogens with one attached hydrogen (secondary N) is 1. The lowest BCUT2D eigenvalue weighted by Gasteiger charge is -2.23. The van der Waals surface area contributed by atoms with Gasteiger partial charge in [-0.15, -0.1) is 0 Å². The largest absolute Gasteiger partial charge is 0.331 e.